The molecule has 0 saturated carbocycles. The normalized spacial score (nSPS) is 14.6. The number of carbonyl (C=O) groups is 1. The third-order valence-corrected chi connectivity index (χ3v) is 4.97. The van der Waals surface area contributed by atoms with Crippen molar-refractivity contribution in [3.63, 3.8) is 0 Å². The molecule has 6 heteroatoms. The van der Waals surface area contributed by atoms with Gasteiger partial charge in [0.05, 0.1) is 13.1 Å². The fourth-order valence-corrected chi connectivity index (χ4v) is 4.72. The van der Waals surface area contributed by atoms with E-state index < -0.39 is 0 Å². The van der Waals surface area contributed by atoms with Gasteiger partial charge in [-0.15, -0.1) is 11.3 Å². The molecular weight excluding hydrogens is 380 g/mol. The van der Waals surface area contributed by atoms with Crippen LogP contribution in [0.5, 0.6) is 0 Å². The maximum atomic E-state index is 12.2. The summed E-state index contributed by atoms with van der Waals surface area (Å²) < 4.78 is 1.76. The molecule has 0 radical (unpaired) electrons. The van der Waals surface area contributed by atoms with Gasteiger partial charge in [0.2, 0.25) is 0 Å². The van der Waals surface area contributed by atoms with Crippen molar-refractivity contribution in [1.29, 1.82) is 0 Å². The molecule has 1 unspecified atom stereocenters. The first kappa shape index (κ1) is 16.1. The fraction of sp³-hybridized carbons (Fsp3) is 0.583. The van der Waals surface area contributed by atoms with Crippen LogP contribution in [0, 0.1) is 5.92 Å². The maximum Gasteiger partial charge on any atom is 0.253 e. The van der Waals surface area contributed by atoms with Crippen molar-refractivity contribution in [2.45, 2.75) is 32.7 Å². The van der Waals surface area contributed by atoms with Crippen molar-refractivity contribution in [3.05, 3.63) is 19.2 Å². The Labute approximate surface area is 129 Å². The summed E-state index contributed by atoms with van der Waals surface area (Å²) in [4.78, 5) is 12.2. The highest BCUT2D eigenvalue weighted by atomic mass is 79.9. The number of hydrogen-bond donors (Lipinski definition) is 2. The zero-order valence-corrected chi connectivity index (χ0v) is 14.7. The molecule has 1 atom stereocenters. The van der Waals surface area contributed by atoms with Gasteiger partial charge in [0.1, 0.15) is 0 Å². The van der Waals surface area contributed by atoms with Gasteiger partial charge in [-0.25, -0.2) is 0 Å². The van der Waals surface area contributed by atoms with Gasteiger partial charge in [-0.1, -0.05) is 13.8 Å². The quantitative estimate of drug-likeness (QED) is 0.794. The van der Waals surface area contributed by atoms with Crippen LogP contribution in [0.15, 0.2) is 13.6 Å². The number of thiophene rings is 1. The molecule has 1 amide bonds. The standard InChI is InChI=1S/C12H18Br2N2OS/c1-7(2)5-12(3,6-15)16-11(17)8-4-9(13)18-10(8)14/h4,7H,5-6,15H2,1-3H3,(H,16,17). The van der Waals surface area contributed by atoms with E-state index in [0.717, 1.165) is 14.0 Å². The number of halogens is 2. The van der Waals surface area contributed by atoms with E-state index in [2.05, 4.69) is 51.0 Å². The number of carbonyl (C=O) groups excluding carboxylic acids is 1. The lowest BCUT2D eigenvalue weighted by molar-refractivity contribution is 0.0898. The number of nitrogens with one attached hydrogen (secondary N) is 1. The summed E-state index contributed by atoms with van der Waals surface area (Å²) in [5, 5.41) is 3.04. The number of rotatable bonds is 5. The van der Waals surface area contributed by atoms with E-state index in [-0.39, 0.29) is 11.4 Å². The van der Waals surface area contributed by atoms with Gasteiger partial charge in [-0.2, -0.15) is 0 Å². The zero-order chi connectivity index (χ0) is 13.9. The summed E-state index contributed by atoms with van der Waals surface area (Å²) in [6, 6.07) is 1.82. The first-order valence-corrected chi connectivity index (χ1v) is 8.15. The summed E-state index contributed by atoms with van der Waals surface area (Å²) >= 11 is 8.25. The molecule has 18 heavy (non-hydrogen) atoms. The Bertz CT molecular complexity index is 434. The molecule has 1 aromatic heterocycles. The molecule has 1 rings (SSSR count). The molecule has 3 nitrogen and oxygen atoms in total. The van der Waals surface area contributed by atoms with Crippen LogP contribution in [-0.2, 0) is 0 Å². The molecule has 0 aliphatic rings. The monoisotopic (exact) mass is 396 g/mol. The first-order valence-electron chi connectivity index (χ1n) is 5.75. The Hall–Kier alpha value is 0.0900. The van der Waals surface area contributed by atoms with E-state index in [4.69, 9.17) is 5.73 Å². The van der Waals surface area contributed by atoms with E-state index >= 15 is 0 Å². The zero-order valence-electron chi connectivity index (χ0n) is 10.7. The molecule has 102 valence electrons. The van der Waals surface area contributed by atoms with Crippen molar-refractivity contribution in [2.24, 2.45) is 11.7 Å². The Balaban J connectivity index is 2.82. The van der Waals surface area contributed by atoms with Crippen LogP contribution in [0.3, 0.4) is 0 Å². The van der Waals surface area contributed by atoms with Gasteiger partial charge in [-0.3, -0.25) is 4.79 Å². The average Bonchev–Trinajstić information content (AvgIpc) is 2.56. The van der Waals surface area contributed by atoms with Crippen LogP contribution in [0.2, 0.25) is 0 Å². The predicted octanol–water partition coefficient (Wildman–Crippen LogP) is 3.77. The minimum Gasteiger partial charge on any atom is -0.346 e. The average molecular weight is 398 g/mol. The van der Waals surface area contributed by atoms with Crippen molar-refractivity contribution >= 4 is 49.1 Å². The molecule has 0 spiro atoms. The smallest absolute Gasteiger partial charge is 0.253 e. The van der Waals surface area contributed by atoms with Crippen LogP contribution in [0.1, 0.15) is 37.6 Å². The second-order valence-corrected chi connectivity index (χ2v) is 8.80. The molecule has 0 aromatic carbocycles. The number of hydrogen-bond acceptors (Lipinski definition) is 3. The van der Waals surface area contributed by atoms with Gasteiger partial charge in [0.15, 0.2) is 0 Å². The van der Waals surface area contributed by atoms with Crippen LogP contribution < -0.4 is 11.1 Å². The predicted molar refractivity (Wildman–Crippen MR) is 84.1 cm³/mol. The van der Waals surface area contributed by atoms with Crippen molar-refractivity contribution < 1.29 is 4.79 Å². The Kier molecular flexibility index (Phi) is 5.83. The van der Waals surface area contributed by atoms with Crippen molar-refractivity contribution in [1.82, 2.24) is 5.32 Å². The first-order chi connectivity index (χ1) is 8.27. The molecular formula is C12H18Br2N2OS. The molecule has 0 aliphatic carbocycles. The molecule has 0 saturated heterocycles. The molecule has 0 aliphatic heterocycles. The molecule has 0 bridgehead atoms. The third kappa shape index (κ3) is 4.33. The molecule has 1 aromatic rings. The Morgan fingerprint density at radius 3 is 2.56 bits per heavy atom. The molecule has 3 N–H and O–H groups in total. The highest BCUT2D eigenvalue weighted by Crippen LogP contribution is 2.32. The minimum absolute atomic E-state index is 0.0857. The van der Waals surface area contributed by atoms with Gasteiger partial charge < -0.3 is 11.1 Å². The Morgan fingerprint density at radius 1 is 1.56 bits per heavy atom. The summed E-state index contributed by atoms with van der Waals surface area (Å²) in [5.41, 5.74) is 6.08. The molecule has 1 heterocycles. The molecule has 0 fully saturated rings. The van der Waals surface area contributed by atoms with Crippen LogP contribution in [0.25, 0.3) is 0 Å². The highest BCUT2D eigenvalue weighted by molar-refractivity contribution is 9.12. The van der Waals surface area contributed by atoms with E-state index in [1.54, 1.807) is 0 Å². The van der Waals surface area contributed by atoms with Gasteiger partial charge >= 0.3 is 0 Å². The third-order valence-electron chi connectivity index (χ3n) is 2.63. The van der Waals surface area contributed by atoms with Gasteiger partial charge in [0.25, 0.3) is 5.91 Å². The largest absolute Gasteiger partial charge is 0.346 e. The van der Waals surface area contributed by atoms with E-state index in [1.807, 2.05) is 13.0 Å². The lowest BCUT2D eigenvalue weighted by atomic mass is 9.90. The summed E-state index contributed by atoms with van der Waals surface area (Å²) in [5.74, 6) is 0.397. The van der Waals surface area contributed by atoms with Crippen LogP contribution in [-0.4, -0.2) is 18.0 Å². The van der Waals surface area contributed by atoms with Crippen LogP contribution >= 0.6 is 43.2 Å². The number of nitrogens with two attached hydrogens (primary N) is 1. The second-order valence-electron chi connectivity index (χ2n) is 5.05. The number of amides is 1. The summed E-state index contributed by atoms with van der Waals surface area (Å²) in [6.07, 6.45) is 0.859. The SMILES string of the molecule is CC(C)CC(C)(CN)NC(=O)c1cc(Br)sc1Br. The van der Waals surface area contributed by atoms with Gasteiger partial charge in [-0.05, 0) is 57.2 Å². The Morgan fingerprint density at radius 2 is 2.17 bits per heavy atom. The van der Waals surface area contributed by atoms with E-state index in [0.29, 0.717) is 18.0 Å². The minimum atomic E-state index is -0.362. The lowest BCUT2D eigenvalue weighted by Gasteiger charge is -2.31. The lowest BCUT2D eigenvalue weighted by Crippen LogP contribution is -2.52. The second kappa shape index (κ2) is 6.50. The van der Waals surface area contributed by atoms with Crippen LogP contribution in [0.4, 0.5) is 0 Å². The summed E-state index contributed by atoms with van der Waals surface area (Å²) in [6.45, 7) is 6.66. The van der Waals surface area contributed by atoms with Gasteiger partial charge in [0, 0.05) is 12.1 Å². The van der Waals surface area contributed by atoms with E-state index in [1.165, 1.54) is 11.3 Å². The fourth-order valence-electron chi connectivity index (χ4n) is 1.92. The topological polar surface area (TPSA) is 55.1 Å². The summed E-state index contributed by atoms with van der Waals surface area (Å²) in [7, 11) is 0. The van der Waals surface area contributed by atoms with Crippen molar-refractivity contribution in [2.75, 3.05) is 6.54 Å². The van der Waals surface area contributed by atoms with E-state index in [9.17, 15) is 4.79 Å². The highest BCUT2D eigenvalue weighted by Gasteiger charge is 2.27. The van der Waals surface area contributed by atoms with Crippen molar-refractivity contribution in [3.8, 4) is 0 Å². The maximum absolute atomic E-state index is 12.2.